The van der Waals surface area contributed by atoms with Crippen LogP contribution in [0.15, 0.2) is 30.3 Å². The van der Waals surface area contributed by atoms with Gasteiger partial charge in [-0.05, 0) is 60.2 Å². The number of aryl methyl sites for hydroxylation is 2. The van der Waals surface area contributed by atoms with Gasteiger partial charge in [0.2, 0.25) is 11.8 Å². The largest absolute Gasteiger partial charge is 0.327 e. The standard InChI is InChI=1S/C21H21F2N3O2/c22-16-7-12-2-5-14(15(12)9-17(16)23)18(24)10-21(28)25-13-4-1-11-3-6-20(27)26-19(11)8-13/h1,4,7-9,14,18H,2-3,5-6,10,24H2,(H,25,28)(H,26,27). The van der Waals surface area contributed by atoms with E-state index in [4.69, 9.17) is 5.73 Å². The average molecular weight is 385 g/mol. The number of carbonyl (C=O) groups excluding carboxylic acids is 2. The minimum Gasteiger partial charge on any atom is -0.327 e. The first-order valence-electron chi connectivity index (χ1n) is 9.36. The molecule has 4 N–H and O–H groups in total. The van der Waals surface area contributed by atoms with Crippen molar-refractivity contribution in [1.29, 1.82) is 0 Å². The number of hydrogen-bond acceptors (Lipinski definition) is 3. The first-order valence-corrected chi connectivity index (χ1v) is 9.36. The molecule has 28 heavy (non-hydrogen) atoms. The molecule has 4 rings (SSSR count). The molecular formula is C21H21F2N3O2. The van der Waals surface area contributed by atoms with Crippen LogP contribution in [0.4, 0.5) is 20.2 Å². The van der Waals surface area contributed by atoms with Gasteiger partial charge in [0.1, 0.15) is 0 Å². The van der Waals surface area contributed by atoms with E-state index in [2.05, 4.69) is 10.6 Å². The van der Waals surface area contributed by atoms with Crippen LogP contribution in [-0.2, 0) is 22.4 Å². The van der Waals surface area contributed by atoms with E-state index in [0.29, 0.717) is 42.6 Å². The maximum absolute atomic E-state index is 13.6. The third kappa shape index (κ3) is 3.62. The summed E-state index contributed by atoms with van der Waals surface area (Å²) in [5, 5.41) is 5.60. The zero-order chi connectivity index (χ0) is 19.8. The lowest BCUT2D eigenvalue weighted by atomic mass is 9.91. The minimum absolute atomic E-state index is 0.0402. The highest BCUT2D eigenvalue weighted by Gasteiger charge is 2.30. The van der Waals surface area contributed by atoms with E-state index in [1.54, 1.807) is 12.1 Å². The Balaban J connectivity index is 1.42. The summed E-state index contributed by atoms with van der Waals surface area (Å²) >= 11 is 0. The van der Waals surface area contributed by atoms with E-state index < -0.39 is 17.7 Å². The summed E-state index contributed by atoms with van der Waals surface area (Å²) < 4.78 is 27.0. The van der Waals surface area contributed by atoms with Crippen LogP contribution in [0.1, 0.15) is 41.9 Å². The summed E-state index contributed by atoms with van der Waals surface area (Å²) in [6.07, 6.45) is 2.49. The summed E-state index contributed by atoms with van der Waals surface area (Å²) in [4.78, 5) is 24.0. The molecule has 2 unspecified atom stereocenters. The molecule has 1 aliphatic carbocycles. The van der Waals surface area contributed by atoms with Crippen molar-refractivity contribution in [3.05, 3.63) is 58.7 Å². The van der Waals surface area contributed by atoms with Gasteiger partial charge in [0.05, 0.1) is 0 Å². The predicted molar refractivity (Wildman–Crippen MR) is 102 cm³/mol. The Labute approximate surface area is 161 Å². The van der Waals surface area contributed by atoms with Gasteiger partial charge in [-0.2, -0.15) is 0 Å². The first kappa shape index (κ1) is 18.6. The van der Waals surface area contributed by atoms with Gasteiger partial charge in [-0.15, -0.1) is 0 Å². The molecule has 0 spiro atoms. The van der Waals surface area contributed by atoms with Crippen molar-refractivity contribution >= 4 is 23.2 Å². The van der Waals surface area contributed by atoms with Crippen molar-refractivity contribution in [2.24, 2.45) is 5.73 Å². The molecular weight excluding hydrogens is 364 g/mol. The molecule has 2 aliphatic rings. The van der Waals surface area contributed by atoms with Crippen molar-refractivity contribution in [2.75, 3.05) is 10.6 Å². The molecule has 2 aromatic carbocycles. The lowest BCUT2D eigenvalue weighted by Crippen LogP contribution is -2.32. The van der Waals surface area contributed by atoms with Crippen molar-refractivity contribution in [1.82, 2.24) is 0 Å². The van der Waals surface area contributed by atoms with Crippen LogP contribution in [-0.4, -0.2) is 17.9 Å². The molecule has 0 saturated carbocycles. The van der Waals surface area contributed by atoms with E-state index in [0.717, 1.165) is 11.1 Å². The Kier molecular flexibility index (Phi) is 4.85. The number of rotatable bonds is 4. The highest BCUT2D eigenvalue weighted by Crippen LogP contribution is 2.37. The summed E-state index contributed by atoms with van der Waals surface area (Å²) in [7, 11) is 0. The van der Waals surface area contributed by atoms with E-state index in [9.17, 15) is 18.4 Å². The number of benzene rings is 2. The smallest absolute Gasteiger partial charge is 0.225 e. The van der Waals surface area contributed by atoms with Gasteiger partial charge >= 0.3 is 0 Å². The number of halogens is 2. The second kappa shape index (κ2) is 7.31. The average Bonchev–Trinajstić information content (AvgIpc) is 3.04. The third-order valence-corrected chi connectivity index (χ3v) is 5.53. The van der Waals surface area contributed by atoms with Gasteiger partial charge in [-0.1, -0.05) is 6.07 Å². The molecule has 2 aromatic rings. The van der Waals surface area contributed by atoms with Gasteiger partial charge in [0, 0.05) is 36.2 Å². The fourth-order valence-corrected chi connectivity index (χ4v) is 4.09. The number of carbonyl (C=O) groups is 2. The molecule has 146 valence electrons. The quantitative estimate of drug-likeness (QED) is 0.756. The van der Waals surface area contributed by atoms with Gasteiger partial charge in [0.15, 0.2) is 11.6 Å². The van der Waals surface area contributed by atoms with E-state index >= 15 is 0 Å². The summed E-state index contributed by atoms with van der Waals surface area (Å²) in [5.74, 6) is -2.23. The Morgan fingerprint density at radius 2 is 1.93 bits per heavy atom. The molecule has 2 amide bonds. The monoisotopic (exact) mass is 385 g/mol. The Morgan fingerprint density at radius 3 is 2.75 bits per heavy atom. The zero-order valence-electron chi connectivity index (χ0n) is 15.2. The molecule has 2 atom stereocenters. The number of nitrogens with two attached hydrogens (primary N) is 1. The Morgan fingerprint density at radius 1 is 1.14 bits per heavy atom. The van der Waals surface area contributed by atoms with Crippen LogP contribution in [0.3, 0.4) is 0 Å². The molecule has 7 heteroatoms. The molecule has 0 saturated heterocycles. The Bertz CT molecular complexity index is 961. The van der Waals surface area contributed by atoms with Crippen LogP contribution in [0.2, 0.25) is 0 Å². The fraction of sp³-hybridized carbons (Fsp3) is 0.333. The summed E-state index contributed by atoms with van der Waals surface area (Å²) in [5.41, 5.74) is 10.0. The van der Waals surface area contributed by atoms with Gasteiger partial charge < -0.3 is 16.4 Å². The molecule has 0 bridgehead atoms. The SMILES string of the molecule is NC(CC(=O)Nc1ccc2c(c1)NC(=O)CC2)C1CCc2cc(F)c(F)cc21. The van der Waals surface area contributed by atoms with E-state index in [-0.39, 0.29) is 24.2 Å². The molecule has 0 aromatic heterocycles. The van der Waals surface area contributed by atoms with Crippen LogP contribution in [0.25, 0.3) is 0 Å². The molecule has 1 heterocycles. The first-order chi connectivity index (χ1) is 13.4. The molecule has 1 aliphatic heterocycles. The topological polar surface area (TPSA) is 84.2 Å². The molecule has 0 fully saturated rings. The highest BCUT2D eigenvalue weighted by atomic mass is 19.2. The second-order valence-corrected chi connectivity index (χ2v) is 7.45. The van der Waals surface area contributed by atoms with E-state index in [1.807, 2.05) is 6.07 Å². The maximum Gasteiger partial charge on any atom is 0.225 e. The lowest BCUT2D eigenvalue weighted by molar-refractivity contribution is -0.117. The van der Waals surface area contributed by atoms with Crippen LogP contribution in [0, 0.1) is 11.6 Å². The predicted octanol–water partition coefficient (Wildman–Crippen LogP) is 3.24. The Hall–Kier alpha value is -2.80. The van der Waals surface area contributed by atoms with Crippen molar-refractivity contribution in [2.45, 2.75) is 44.1 Å². The minimum atomic E-state index is -0.890. The third-order valence-electron chi connectivity index (χ3n) is 5.53. The lowest BCUT2D eigenvalue weighted by Gasteiger charge is -2.21. The second-order valence-electron chi connectivity index (χ2n) is 7.45. The number of anilines is 2. The normalized spacial score (nSPS) is 18.8. The van der Waals surface area contributed by atoms with Gasteiger partial charge in [-0.3, -0.25) is 9.59 Å². The number of hydrogen-bond donors (Lipinski definition) is 3. The summed E-state index contributed by atoms with van der Waals surface area (Å²) in [6, 6.07) is 7.34. The van der Waals surface area contributed by atoms with Crippen molar-refractivity contribution in [3.8, 4) is 0 Å². The highest BCUT2D eigenvalue weighted by molar-refractivity contribution is 5.96. The summed E-state index contributed by atoms with van der Waals surface area (Å²) in [6.45, 7) is 0. The number of fused-ring (bicyclic) bond motifs is 2. The number of amides is 2. The number of nitrogens with one attached hydrogen (secondary N) is 2. The van der Waals surface area contributed by atoms with Gasteiger partial charge in [-0.25, -0.2) is 8.78 Å². The fourth-order valence-electron chi connectivity index (χ4n) is 4.09. The maximum atomic E-state index is 13.6. The molecule has 5 nitrogen and oxygen atoms in total. The van der Waals surface area contributed by atoms with Crippen LogP contribution >= 0.6 is 0 Å². The van der Waals surface area contributed by atoms with Crippen LogP contribution in [0.5, 0.6) is 0 Å². The van der Waals surface area contributed by atoms with Crippen molar-refractivity contribution in [3.63, 3.8) is 0 Å². The van der Waals surface area contributed by atoms with E-state index in [1.165, 1.54) is 12.1 Å². The van der Waals surface area contributed by atoms with Gasteiger partial charge in [0.25, 0.3) is 0 Å². The van der Waals surface area contributed by atoms with Crippen molar-refractivity contribution < 1.29 is 18.4 Å². The zero-order valence-corrected chi connectivity index (χ0v) is 15.2. The van der Waals surface area contributed by atoms with Crippen LogP contribution < -0.4 is 16.4 Å². The molecule has 0 radical (unpaired) electrons.